The van der Waals surface area contributed by atoms with Crippen LogP contribution in [0.25, 0.3) is 5.76 Å². The first-order valence-corrected chi connectivity index (χ1v) is 12.0. The molecule has 3 N–H and O–H groups in total. The average Bonchev–Trinajstić information content (AvgIpc) is 3.15. The molecule has 1 unspecified atom stereocenters. The minimum Gasteiger partial charge on any atom is -0.507 e. The summed E-state index contributed by atoms with van der Waals surface area (Å²) >= 11 is 0. The molecule has 0 radical (unpaired) electrons. The van der Waals surface area contributed by atoms with Crippen molar-refractivity contribution in [2.75, 3.05) is 26.9 Å². The topological polar surface area (TPSA) is 164 Å². The van der Waals surface area contributed by atoms with Crippen molar-refractivity contribution in [3.63, 3.8) is 0 Å². The second kappa shape index (κ2) is 14.5. The zero-order chi connectivity index (χ0) is 28.2. The Kier molecular flexibility index (Phi) is 11.4. The van der Waals surface area contributed by atoms with Crippen LogP contribution in [-0.2, 0) is 23.9 Å². The lowest BCUT2D eigenvalue weighted by Gasteiger charge is -2.25. The molecule has 204 valence electrons. The standard InChI is InChI=1S/C25H30N2O5.C2H2O4/c1-4-5-14-32-20-10-9-18(15-17(20)2)23(28)21-22(19-8-6-11-26-16-19)27(12-7-13-31-3)25(30)24(21)29;3-1(4)2(5)6/h6,8-11,15-16,22,28H,4-5,7,12-14H2,1-3H3;(H,3,4)(H,5,6)/b23-21+;. The van der Waals surface area contributed by atoms with E-state index in [0.717, 1.165) is 24.2 Å². The molecule has 11 nitrogen and oxygen atoms in total. The number of pyridine rings is 1. The van der Waals surface area contributed by atoms with Crippen molar-refractivity contribution in [2.45, 2.75) is 39.2 Å². The third kappa shape index (κ3) is 7.62. The lowest BCUT2D eigenvalue weighted by atomic mass is 9.95. The van der Waals surface area contributed by atoms with Crippen molar-refractivity contribution in [3.8, 4) is 5.75 Å². The summed E-state index contributed by atoms with van der Waals surface area (Å²) in [6, 6.07) is 8.11. The number of methoxy groups -OCH3 is 1. The summed E-state index contributed by atoms with van der Waals surface area (Å²) in [6.45, 7) is 5.40. The van der Waals surface area contributed by atoms with E-state index in [4.69, 9.17) is 29.3 Å². The van der Waals surface area contributed by atoms with Crippen LogP contribution in [0.4, 0.5) is 0 Å². The zero-order valence-electron chi connectivity index (χ0n) is 21.5. The number of aliphatic hydroxyl groups excluding tert-OH is 1. The largest absolute Gasteiger partial charge is 0.507 e. The Hall–Kier alpha value is -4.25. The first kappa shape index (κ1) is 30.0. The normalized spacial score (nSPS) is 16.1. The SMILES string of the molecule is CCCCOc1ccc(/C(O)=C2\C(=O)C(=O)N(CCCOC)C2c2cccnc2)cc1C.O=C(O)C(=O)O. The Bertz CT molecular complexity index is 1170. The zero-order valence-corrected chi connectivity index (χ0v) is 21.5. The van der Waals surface area contributed by atoms with Gasteiger partial charge in [-0.05, 0) is 55.2 Å². The molecule has 2 heterocycles. The predicted octanol–water partition coefficient (Wildman–Crippen LogP) is 3.18. The maximum Gasteiger partial charge on any atom is 0.414 e. The van der Waals surface area contributed by atoms with E-state index in [1.54, 1.807) is 49.8 Å². The van der Waals surface area contributed by atoms with Gasteiger partial charge in [0.25, 0.3) is 11.7 Å². The summed E-state index contributed by atoms with van der Waals surface area (Å²) in [6.07, 6.45) is 5.81. The van der Waals surface area contributed by atoms with E-state index in [-0.39, 0.29) is 11.3 Å². The molecule has 0 spiro atoms. The van der Waals surface area contributed by atoms with Crippen molar-refractivity contribution in [3.05, 3.63) is 65.0 Å². The van der Waals surface area contributed by atoms with Crippen LogP contribution in [-0.4, -0.2) is 75.7 Å². The molecule has 1 saturated heterocycles. The monoisotopic (exact) mass is 528 g/mol. The van der Waals surface area contributed by atoms with Gasteiger partial charge < -0.3 is 29.7 Å². The Labute approximate surface area is 220 Å². The van der Waals surface area contributed by atoms with Gasteiger partial charge in [0.1, 0.15) is 11.5 Å². The van der Waals surface area contributed by atoms with Gasteiger partial charge >= 0.3 is 11.9 Å². The third-order valence-electron chi connectivity index (χ3n) is 5.67. The van der Waals surface area contributed by atoms with Gasteiger partial charge in [-0.1, -0.05) is 19.4 Å². The molecule has 0 saturated carbocycles. The van der Waals surface area contributed by atoms with Gasteiger partial charge in [0.2, 0.25) is 0 Å². The van der Waals surface area contributed by atoms with Crippen molar-refractivity contribution in [2.24, 2.45) is 0 Å². The first-order valence-electron chi connectivity index (χ1n) is 12.0. The molecule has 3 rings (SSSR count). The van der Waals surface area contributed by atoms with Crippen molar-refractivity contribution in [1.29, 1.82) is 0 Å². The molecule has 1 aliphatic heterocycles. The number of amides is 1. The number of aliphatic hydroxyl groups is 1. The number of ether oxygens (including phenoxy) is 2. The number of aryl methyl sites for hydroxylation is 1. The summed E-state index contributed by atoms with van der Waals surface area (Å²) in [5, 5.41) is 25.9. The number of carbonyl (C=O) groups excluding carboxylic acids is 2. The van der Waals surface area contributed by atoms with Crippen molar-refractivity contribution < 1.29 is 44.0 Å². The quantitative estimate of drug-likeness (QED) is 0.181. The number of benzene rings is 1. The number of likely N-dealkylation sites (tertiary alicyclic amines) is 1. The number of ketones is 1. The Balaban J connectivity index is 0.000000757. The van der Waals surface area contributed by atoms with Crippen LogP contribution in [0.2, 0.25) is 0 Å². The van der Waals surface area contributed by atoms with E-state index in [9.17, 15) is 14.7 Å². The fraction of sp³-hybridized carbons (Fsp3) is 0.370. The highest BCUT2D eigenvalue weighted by molar-refractivity contribution is 6.46. The van der Waals surface area contributed by atoms with E-state index in [0.29, 0.717) is 37.3 Å². The van der Waals surface area contributed by atoms with E-state index in [2.05, 4.69) is 11.9 Å². The van der Waals surface area contributed by atoms with Crippen LogP contribution in [0.5, 0.6) is 5.75 Å². The van der Waals surface area contributed by atoms with E-state index >= 15 is 0 Å². The van der Waals surface area contributed by atoms with Crippen molar-refractivity contribution in [1.82, 2.24) is 9.88 Å². The van der Waals surface area contributed by atoms with Gasteiger partial charge in [0, 0.05) is 38.2 Å². The molecule has 1 aliphatic rings. The molecular formula is C27H32N2O9. The molecule has 1 aromatic heterocycles. The number of carboxylic acids is 2. The number of rotatable bonds is 10. The average molecular weight is 529 g/mol. The number of carboxylic acid groups (broad SMARTS) is 2. The molecule has 1 amide bonds. The number of hydrogen-bond donors (Lipinski definition) is 3. The molecule has 0 bridgehead atoms. The van der Waals surface area contributed by atoms with Gasteiger partial charge in [-0.2, -0.15) is 0 Å². The predicted molar refractivity (Wildman–Crippen MR) is 137 cm³/mol. The number of hydrogen-bond acceptors (Lipinski definition) is 8. The van der Waals surface area contributed by atoms with Gasteiger partial charge in [0.05, 0.1) is 18.2 Å². The smallest absolute Gasteiger partial charge is 0.414 e. The fourth-order valence-corrected chi connectivity index (χ4v) is 3.81. The summed E-state index contributed by atoms with van der Waals surface area (Å²) < 4.78 is 10.9. The highest BCUT2D eigenvalue weighted by atomic mass is 16.5. The van der Waals surface area contributed by atoms with Gasteiger partial charge in [-0.15, -0.1) is 0 Å². The second-order valence-corrected chi connectivity index (χ2v) is 8.42. The van der Waals surface area contributed by atoms with Crippen LogP contribution in [0.3, 0.4) is 0 Å². The number of aromatic nitrogens is 1. The highest BCUT2D eigenvalue weighted by Crippen LogP contribution is 2.39. The molecule has 1 atom stereocenters. The number of aliphatic carboxylic acids is 2. The maximum absolute atomic E-state index is 13.0. The molecule has 38 heavy (non-hydrogen) atoms. The molecule has 1 aromatic carbocycles. The third-order valence-corrected chi connectivity index (χ3v) is 5.67. The number of unbranched alkanes of at least 4 members (excludes halogenated alkanes) is 1. The summed E-state index contributed by atoms with van der Waals surface area (Å²) in [7, 11) is 1.59. The molecule has 2 aromatic rings. The Morgan fingerprint density at radius 1 is 1.05 bits per heavy atom. The number of carbonyl (C=O) groups is 4. The summed E-state index contributed by atoms with van der Waals surface area (Å²) in [5.41, 5.74) is 2.05. The highest BCUT2D eigenvalue weighted by Gasteiger charge is 2.45. The van der Waals surface area contributed by atoms with Crippen LogP contribution in [0, 0.1) is 6.92 Å². The lowest BCUT2D eigenvalue weighted by molar-refractivity contribution is -0.159. The summed E-state index contributed by atoms with van der Waals surface area (Å²) in [5.74, 6) is -4.44. The molecule has 11 heteroatoms. The maximum atomic E-state index is 13.0. The lowest BCUT2D eigenvalue weighted by Crippen LogP contribution is -2.31. The Morgan fingerprint density at radius 3 is 2.32 bits per heavy atom. The second-order valence-electron chi connectivity index (χ2n) is 8.42. The van der Waals surface area contributed by atoms with Gasteiger partial charge in [0.15, 0.2) is 0 Å². The number of Topliss-reactive ketones (excluding diaryl/α,β-unsaturated/α-hetero) is 1. The van der Waals surface area contributed by atoms with Gasteiger partial charge in [-0.25, -0.2) is 9.59 Å². The summed E-state index contributed by atoms with van der Waals surface area (Å²) in [4.78, 5) is 49.7. The molecular weight excluding hydrogens is 496 g/mol. The first-order chi connectivity index (χ1) is 18.1. The van der Waals surface area contributed by atoms with Crippen LogP contribution in [0.15, 0.2) is 48.3 Å². The van der Waals surface area contributed by atoms with Crippen LogP contribution >= 0.6 is 0 Å². The van der Waals surface area contributed by atoms with E-state index in [1.807, 2.05) is 6.92 Å². The van der Waals surface area contributed by atoms with Crippen LogP contribution in [0.1, 0.15) is 48.9 Å². The minimum atomic E-state index is -1.82. The molecule has 0 aliphatic carbocycles. The van der Waals surface area contributed by atoms with Crippen molar-refractivity contribution >= 4 is 29.4 Å². The number of nitrogens with zero attached hydrogens (tertiary/aromatic N) is 2. The van der Waals surface area contributed by atoms with Gasteiger partial charge in [-0.3, -0.25) is 14.6 Å². The minimum absolute atomic E-state index is 0.0690. The fourth-order valence-electron chi connectivity index (χ4n) is 3.81. The van der Waals surface area contributed by atoms with E-state index in [1.165, 1.54) is 4.90 Å². The molecule has 1 fully saturated rings. The van der Waals surface area contributed by atoms with E-state index < -0.39 is 29.7 Å². The Morgan fingerprint density at radius 2 is 1.76 bits per heavy atom. The van der Waals surface area contributed by atoms with Crippen LogP contribution < -0.4 is 4.74 Å².